The number of carbonyl (C=O) groups excluding carboxylic acids is 2. The van der Waals surface area contributed by atoms with E-state index in [2.05, 4.69) is 33.2 Å². The first-order valence-corrected chi connectivity index (χ1v) is 8.89. The summed E-state index contributed by atoms with van der Waals surface area (Å²) in [5, 5.41) is 15.0. The fourth-order valence-electron chi connectivity index (χ4n) is 3.79. The van der Waals surface area contributed by atoms with E-state index >= 15 is 0 Å². The van der Waals surface area contributed by atoms with Crippen molar-refractivity contribution in [2.45, 2.75) is 37.6 Å². The standard InChI is InChI=1S/C18H23N5O2/c1-23-15-10-12(20-11-6-8-19-9-7-11)2-3-13(15)17(22-23)14-4-5-16(24)21-18(14)25/h2-3,10-11,14,19-20H,4-9H2,1H3,(H,21,24,25)/t14-/m1/s1. The molecule has 0 spiro atoms. The Morgan fingerprint density at radius 2 is 2.00 bits per heavy atom. The number of anilines is 1. The molecule has 1 aromatic carbocycles. The summed E-state index contributed by atoms with van der Waals surface area (Å²) in [7, 11) is 1.89. The van der Waals surface area contributed by atoms with Crippen molar-refractivity contribution in [2.24, 2.45) is 7.05 Å². The quantitative estimate of drug-likeness (QED) is 0.732. The highest BCUT2D eigenvalue weighted by molar-refractivity contribution is 6.02. The minimum Gasteiger partial charge on any atom is -0.382 e. The van der Waals surface area contributed by atoms with Crippen molar-refractivity contribution in [3.8, 4) is 0 Å². The molecule has 0 saturated carbocycles. The van der Waals surface area contributed by atoms with Gasteiger partial charge >= 0.3 is 0 Å². The number of aryl methyl sites for hydroxylation is 1. The van der Waals surface area contributed by atoms with Crippen LogP contribution in [-0.4, -0.2) is 40.7 Å². The fraction of sp³-hybridized carbons (Fsp3) is 0.500. The number of aromatic nitrogens is 2. The van der Waals surface area contributed by atoms with Crippen LogP contribution in [0.15, 0.2) is 18.2 Å². The molecule has 25 heavy (non-hydrogen) atoms. The molecule has 3 N–H and O–H groups in total. The maximum atomic E-state index is 12.2. The third-order valence-electron chi connectivity index (χ3n) is 5.16. The van der Waals surface area contributed by atoms with Crippen LogP contribution in [-0.2, 0) is 16.6 Å². The average molecular weight is 341 g/mol. The van der Waals surface area contributed by atoms with Gasteiger partial charge in [0.2, 0.25) is 11.8 Å². The average Bonchev–Trinajstić information content (AvgIpc) is 2.92. The number of nitrogens with one attached hydrogen (secondary N) is 3. The molecule has 1 atom stereocenters. The van der Waals surface area contributed by atoms with Gasteiger partial charge in [0.25, 0.3) is 0 Å². The summed E-state index contributed by atoms with van der Waals surface area (Å²) in [6.45, 7) is 2.09. The van der Waals surface area contributed by atoms with Gasteiger partial charge in [-0.1, -0.05) is 0 Å². The van der Waals surface area contributed by atoms with Crippen molar-refractivity contribution in [3.63, 3.8) is 0 Å². The van der Waals surface area contributed by atoms with Crippen LogP contribution in [0.4, 0.5) is 5.69 Å². The molecule has 3 heterocycles. The molecule has 7 heteroatoms. The van der Waals surface area contributed by atoms with E-state index in [1.54, 1.807) is 0 Å². The number of benzene rings is 1. The maximum absolute atomic E-state index is 12.2. The Balaban J connectivity index is 1.62. The van der Waals surface area contributed by atoms with Crippen molar-refractivity contribution in [2.75, 3.05) is 18.4 Å². The van der Waals surface area contributed by atoms with Crippen LogP contribution in [0.2, 0.25) is 0 Å². The first-order valence-electron chi connectivity index (χ1n) is 8.89. The summed E-state index contributed by atoms with van der Waals surface area (Å²) in [5.74, 6) is -0.798. The van der Waals surface area contributed by atoms with Gasteiger partial charge in [-0.05, 0) is 50.6 Å². The Bertz CT molecular complexity index is 822. The zero-order valence-corrected chi connectivity index (χ0v) is 14.3. The Hall–Kier alpha value is -2.41. The van der Waals surface area contributed by atoms with Gasteiger partial charge in [0.05, 0.1) is 17.1 Å². The Labute approximate surface area is 146 Å². The monoisotopic (exact) mass is 341 g/mol. The van der Waals surface area contributed by atoms with Gasteiger partial charge < -0.3 is 10.6 Å². The Morgan fingerprint density at radius 3 is 2.76 bits per heavy atom. The summed E-state index contributed by atoms with van der Waals surface area (Å²) >= 11 is 0. The largest absolute Gasteiger partial charge is 0.382 e. The summed E-state index contributed by atoms with van der Waals surface area (Å²) in [4.78, 5) is 23.6. The van der Waals surface area contributed by atoms with Gasteiger partial charge in [-0.25, -0.2) is 0 Å². The number of amides is 2. The molecule has 2 saturated heterocycles. The molecule has 0 radical (unpaired) electrons. The van der Waals surface area contributed by atoms with E-state index in [4.69, 9.17) is 0 Å². The number of imide groups is 1. The lowest BCUT2D eigenvalue weighted by molar-refractivity contribution is -0.134. The molecule has 2 amide bonds. The van der Waals surface area contributed by atoms with E-state index in [-0.39, 0.29) is 17.7 Å². The first kappa shape index (κ1) is 16.1. The SMILES string of the molecule is Cn1nc([C@H]2CCC(=O)NC2=O)c2ccc(NC3CCNCC3)cc21. The molecule has 2 aliphatic rings. The van der Waals surface area contributed by atoms with Crippen LogP contribution in [0.5, 0.6) is 0 Å². The Morgan fingerprint density at radius 1 is 1.20 bits per heavy atom. The molecule has 0 bridgehead atoms. The second-order valence-corrected chi connectivity index (χ2v) is 6.91. The molecule has 132 valence electrons. The van der Waals surface area contributed by atoms with Gasteiger partial charge in [-0.3, -0.25) is 19.6 Å². The molecule has 0 unspecified atom stereocenters. The molecule has 0 aliphatic carbocycles. The van der Waals surface area contributed by atoms with E-state index in [9.17, 15) is 9.59 Å². The van der Waals surface area contributed by atoms with Crippen LogP contribution < -0.4 is 16.0 Å². The number of carbonyl (C=O) groups is 2. The highest BCUT2D eigenvalue weighted by Crippen LogP contribution is 2.31. The third kappa shape index (κ3) is 3.11. The van der Waals surface area contributed by atoms with Crippen LogP contribution in [0.3, 0.4) is 0 Å². The number of hydrogen-bond acceptors (Lipinski definition) is 5. The lowest BCUT2D eigenvalue weighted by Gasteiger charge is -2.24. The van der Waals surface area contributed by atoms with Gasteiger partial charge in [0.1, 0.15) is 0 Å². The molecule has 1 aromatic heterocycles. The van der Waals surface area contributed by atoms with E-state index in [0.29, 0.717) is 18.9 Å². The zero-order chi connectivity index (χ0) is 17.4. The molecule has 2 fully saturated rings. The van der Waals surface area contributed by atoms with Crippen LogP contribution in [0.25, 0.3) is 10.9 Å². The Kier molecular flexibility index (Phi) is 4.17. The number of nitrogens with zero attached hydrogens (tertiary/aromatic N) is 2. The third-order valence-corrected chi connectivity index (χ3v) is 5.16. The second kappa shape index (κ2) is 6.48. The number of rotatable bonds is 3. The van der Waals surface area contributed by atoms with Crippen molar-refractivity contribution < 1.29 is 9.59 Å². The van der Waals surface area contributed by atoms with Gasteiger partial charge in [0, 0.05) is 30.6 Å². The van der Waals surface area contributed by atoms with E-state index in [1.807, 2.05) is 17.8 Å². The summed E-state index contributed by atoms with van der Waals surface area (Å²) in [6.07, 6.45) is 3.12. The highest BCUT2D eigenvalue weighted by Gasteiger charge is 2.31. The predicted molar refractivity (Wildman–Crippen MR) is 95.4 cm³/mol. The van der Waals surface area contributed by atoms with Gasteiger partial charge in [-0.15, -0.1) is 0 Å². The number of hydrogen-bond donors (Lipinski definition) is 3. The fourth-order valence-corrected chi connectivity index (χ4v) is 3.79. The molecule has 2 aromatic rings. The smallest absolute Gasteiger partial charge is 0.235 e. The van der Waals surface area contributed by atoms with Crippen molar-refractivity contribution >= 4 is 28.4 Å². The van der Waals surface area contributed by atoms with E-state index in [1.165, 1.54) is 0 Å². The zero-order valence-electron chi connectivity index (χ0n) is 14.3. The van der Waals surface area contributed by atoms with Crippen molar-refractivity contribution in [1.82, 2.24) is 20.4 Å². The lowest BCUT2D eigenvalue weighted by atomic mass is 9.93. The summed E-state index contributed by atoms with van der Waals surface area (Å²) < 4.78 is 1.82. The molecule has 7 nitrogen and oxygen atoms in total. The molecule has 2 aliphatic heterocycles. The highest BCUT2D eigenvalue weighted by atomic mass is 16.2. The van der Waals surface area contributed by atoms with E-state index < -0.39 is 0 Å². The lowest BCUT2D eigenvalue weighted by Crippen LogP contribution is -2.39. The summed E-state index contributed by atoms with van der Waals surface area (Å²) in [6, 6.07) is 6.67. The molecule has 4 rings (SSSR count). The summed E-state index contributed by atoms with van der Waals surface area (Å²) in [5.41, 5.74) is 2.84. The minimum absolute atomic E-state index is 0.199. The normalized spacial score (nSPS) is 22.2. The van der Waals surface area contributed by atoms with Gasteiger partial charge in [0.15, 0.2) is 0 Å². The van der Waals surface area contributed by atoms with Gasteiger partial charge in [-0.2, -0.15) is 5.10 Å². The van der Waals surface area contributed by atoms with Crippen LogP contribution >= 0.6 is 0 Å². The first-order chi connectivity index (χ1) is 12.1. The molecular formula is C18H23N5O2. The van der Waals surface area contributed by atoms with Crippen LogP contribution in [0, 0.1) is 0 Å². The van der Waals surface area contributed by atoms with Crippen molar-refractivity contribution in [3.05, 3.63) is 23.9 Å². The van der Waals surface area contributed by atoms with Crippen molar-refractivity contribution in [1.29, 1.82) is 0 Å². The van der Waals surface area contributed by atoms with Crippen LogP contribution in [0.1, 0.15) is 37.3 Å². The number of fused-ring (bicyclic) bond motifs is 1. The molecular weight excluding hydrogens is 318 g/mol. The van der Waals surface area contributed by atoms with E-state index in [0.717, 1.165) is 48.2 Å². The topological polar surface area (TPSA) is 88.0 Å². The predicted octanol–water partition coefficient (Wildman–Crippen LogP) is 1.26. The second-order valence-electron chi connectivity index (χ2n) is 6.91. The minimum atomic E-state index is -0.357. The maximum Gasteiger partial charge on any atom is 0.235 e. The number of piperidine rings is 2.